The molecule has 2 aromatic rings. The number of rotatable bonds is 4. The van der Waals surface area contributed by atoms with Crippen molar-refractivity contribution in [3.63, 3.8) is 0 Å². The standard InChI is InChI=1S/C15H14BrClN2O2/c1-18-14-4-3-10(17)7-13(14)15(20)19-11-5-9(16)6-12(8-11)21-2/h3-8,18H,1-2H3,(H,19,20). The molecule has 0 aliphatic rings. The lowest BCUT2D eigenvalue weighted by Gasteiger charge is -2.11. The lowest BCUT2D eigenvalue weighted by atomic mass is 10.1. The summed E-state index contributed by atoms with van der Waals surface area (Å²) in [6.45, 7) is 0. The van der Waals surface area contributed by atoms with Gasteiger partial charge in [-0.15, -0.1) is 0 Å². The highest BCUT2D eigenvalue weighted by Gasteiger charge is 2.12. The fraction of sp³-hybridized carbons (Fsp3) is 0.133. The first-order chi connectivity index (χ1) is 10.0. The van der Waals surface area contributed by atoms with Crippen molar-refractivity contribution in [3.8, 4) is 5.75 Å². The van der Waals surface area contributed by atoms with Crippen LogP contribution in [0.15, 0.2) is 40.9 Å². The third-order valence-corrected chi connectivity index (χ3v) is 3.55. The van der Waals surface area contributed by atoms with Crippen molar-refractivity contribution in [1.82, 2.24) is 0 Å². The summed E-state index contributed by atoms with van der Waals surface area (Å²) < 4.78 is 5.99. The number of halogens is 2. The molecule has 2 N–H and O–H groups in total. The van der Waals surface area contributed by atoms with Gasteiger partial charge >= 0.3 is 0 Å². The maximum atomic E-state index is 12.4. The highest BCUT2D eigenvalue weighted by Crippen LogP contribution is 2.26. The van der Waals surface area contributed by atoms with Gasteiger partial charge in [0.15, 0.2) is 0 Å². The Morgan fingerprint density at radius 3 is 2.67 bits per heavy atom. The van der Waals surface area contributed by atoms with Crippen molar-refractivity contribution in [1.29, 1.82) is 0 Å². The number of methoxy groups -OCH3 is 1. The molecule has 110 valence electrons. The van der Waals surface area contributed by atoms with Crippen molar-refractivity contribution in [2.24, 2.45) is 0 Å². The molecule has 0 unspecified atom stereocenters. The Morgan fingerprint density at radius 2 is 2.00 bits per heavy atom. The summed E-state index contributed by atoms with van der Waals surface area (Å²) in [5.41, 5.74) is 1.82. The molecule has 6 heteroatoms. The Bertz CT molecular complexity index is 677. The molecule has 2 rings (SSSR count). The Balaban J connectivity index is 2.30. The molecule has 1 amide bonds. The highest BCUT2D eigenvalue weighted by molar-refractivity contribution is 9.10. The van der Waals surface area contributed by atoms with Gasteiger partial charge in [0.2, 0.25) is 0 Å². The number of carbonyl (C=O) groups excluding carboxylic acids is 1. The molecule has 0 aliphatic carbocycles. The number of benzene rings is 2. The van der Waals surface area contributed by atoms with E-state index in [0.717, 1.165) is 4.47 Å². The third kappa shape index (κ3) is 3.89. The van der Waals surface area contributed by atoms with Crippen LogP contribution in [0.5, 0.6) is 5.75 Å². The van der Waals surface area contributed by atoms with Crippen LogP contribution in [0, 0.1) is 0 Å². The molecule has 0 saturated heterocycles. The topological polar surface area (TPSA) is 50.4 Å². The van der Waals surface area contributed by atoms with Crippen molar-refractivity contribution >= 4 is 44.8 Å². The summed E-state index contributed by atoms with van der Waals surface area (Å²) in [6, 6.07) is 10.5. The van der Waals surface area contributed by atoms with Crippen LogP contribution >= 0.6 is 27.5 Å². The minimum atomic E-state index is -0.248. The van der Waals surface area contributed by atoms with Crippen LogP contribution in [0.2, 0.25) is 5.02 Å². The molecule has 0 spiro atoms. The molecular formula is C15H14BrClN2O2. The Kier molecular flexibility index (Phi) is 5.09. The molecule has 0 aromatic heterocycles. The predicted octanol–water partition coefficient (Wildman–Crippen LogP) is 4.41. The average Bonchev–Trinajstić information content (AvgIpc) is 2.46. The van der Waals surface area contributed by atoms with E-state index in [1.54, 1.807) is 44.5 Å². The Hall–Kier alpha value is -1.72. The third-order valence-electron chi connectivity index (χ3n) is 2.86. The minimum absolute atomic E-state index is 0.248. The van der Waals surface area contributed by atoms with Crippen LogP contribution in [0.25, 0.3) is 0 Å². The molecule has 0 saturated carbocycles. The maximum Gasteiger partial charge on any atom is 0.257 e. The van der Waals surface area contributed by atoms with Crippen LogP contribution in [0.4, 0.5) is 11.4 Å². The van der Waals surface area contributed by atoms with Crippen molar-refractivity contribution in [3.05, 3.63) is 51.5 Å². The van der Waals surface area contributed by atoms with Crippen molar-refractivity contribution in [2.75, 3.05) is 24.8 Å². The molecular weight excluding hydrogens is 356 g/mol. The fourth-order valence-electron chi connectivity index (χ4n) is 1.87. The molecule has 0 radical (unpaired) electrons. The smallest absolute Gasteiger partial charge is 0.257 e. The molecule has 21 heavy (non-hydrogen) atoms. The summed E-state index contributed by atoms with van der Waals surface area (Å²) in [4.78, 5) is 12.4. The van der Waals surface area contributed by atoms with Gasteiger partial charge in [0.1, 0.15) is 5.75 Å². The second-order valence-corrected chi connectivity index (χ2v) is 5.63. The van der Waals surface area contributed by atoms with Gasteiger partial charge in [0.05, 0.1) is 12.7 Å². The molecule has 0 atom stereocenters. The van der Waals surface area contributed by atoms with Crippen molar-refractivity contribution in [2.45, 2.75) is 0 Å². The van der Waals surface area contributed by atoms with Gasteiger partial charge in [-0.25, -0.2) is 0 Å². The van der Waals surface area contributed by atoms with E-state index in [9.17, 15) is 4.79 Å². The van der Waals surface area contributed by atoms with E-state index in [4.69, 9.17) is 16.3 Å². The van der Waals surface area contributed by atoms with E-state index < -0.39 is 0 Å². The molecule has 0 aliphatic heterocycles. The summed E-state index contributed by atoms with van der Waals surface area (Å²) in [7, 11) is 3.33. The number of nitrogens with one attached hydrogen (secondary N) is 2. The Morgan fingerprint density at radius 1 is 1.24 bits per heavy atom. The van der Waals surface area contributed by atoms with Gasteiger partial charge in [-0.3, -0.25) is 4.79 Å². The second-order valence-electron chi connectivity index (χ2n) is 4.27. The zero-order chi connectivity index (χ0) is 15.4. The Labute approximate surface area is 136 Å². The molecule has 0 heterocycles. The molecule has 2 aromatic carbocycles. The number of anilines is 2. The van der Waals surface area contributed by atoms with E-state index >= 15 is 0 Å². The molecule has 0 fully saturated rings. The summed E-state index contributed by atoms with van der Waals surface area (Å²) >= 11 is 9.33. The number of ether oxygens (including phenoxy) is 1. The number of hydrogen-bond donors (Lipinski definition) is 2. The molecule has 0 bridgehead atoms. The normalized spacial score (nSPS) is 10.1. The summed E-state index contributed by atoms with van der Waals surface area (Å²) in [5, 5.41) is 6.30. The van der Waals surface area contributed by atoms with E-state index in [0.29, 0.717) is 27.7 Å². The lowest BCUT2D eigenvalue weighted by Crippen LogP contribution is -2.14. The van der Waals surface area contributed by atoms with Gasteiger partial charge in [-0.2, -0.15) is 0 Å². The van der Waals surface area contributed by atoms with E-state index in [2.05, 4.69) is 26.6 Å². The van der Waals surface area contributed by atoms with E-state index in [1.807, 2.05) is 6.07 Å². The van der Waals surface area contributed by atoms with Crippen molar-refractivity contribution < 1.29 is 9.53 Å². The number of amides is 1. The lowest BCUT2D eigenvalue weighted by molar-refractivity contribution is 0.102. The van der Waals surface area contributed by atoms with Gasteiger partial charge < -0.3 is 15.4 Å². The monoisotopic (exact) mass is 368 g/mol. The van der Waals surface area contributed by atoms with Crippen LogP contribution in [0.1, 0.15) is 10.4 Å². The van der Waals surface area contributed by atoms with E-state index in [-0.39, 0.29) is 5.91 Å². The van der Waals surface area contributed by atoms with Gasteiger partial charge in [0.25, 0.3) is 5.91 Å². The second kappa shape index (κ2) is 6.83. The summed E-state index contributed by atoms with van der Waals surface area (Å²) in [5.74, 6) is 0.404. The first-order valence-corrected chi connectivity index (χ1v) is 7.34. The zero-order valence-electron chi connectivity index (χ0n) is 11.5. The van der Waals surface area contributed by atoms with Crippen LogP contribution in [0.3, 0.4) is 0 Å². The highest BCUT2D eigenvalue weighted by atomic mass is 79.9. The van der Waals surface area contributed by atoms with Gasteiger partial charge in [-0.05, 0) is 30.3 Å². The first-order valence-electron chi connectivity index (χ1n) is 6.16. The predicted molar refractivity (Wildman–Crippen MR) is 89.6 cm³/mol. The quantitative estimate of drug-likeness (QED) is 0.839. The van der Waals surface area contributed by atoms with Gasteiger partial charge in [0, 0.05) is 34.0 Å². The zero-order valence-corrected chi connectivity index (χ0v) is 13.9. The maximum absolute atomic E-state index is 12.4. The SMILES string of the molecule is CNc1ccc(Cl)cc1C(=O)Nc1cc(Br)cc(OC)c1. The van der Waals surface area contributed by atoms with E-state index in [1.165, 1.54) is 0 Å². The van der Waals surface area contributed by atoms with Crippen LogP contribution in [-0.4, -0.2) is 20.1 Å². The summed E-state index contributed by atoms with van der Waals surface area (Å²) in [6.07, 6.45) is 0. The average molecular weight is 370 g/mol. The number of carbonyl (C=O) groups is 1. The fourth-order valence-corrected chi connectivity index (χ4v) is 2.52. The first kappa shape index (κ1) is 15.7. The van der Waals surface area contributed by atoms with Gasteiger partial charge in [-0.1, -0.05) is 27.5 Å². The molecule has 4 nitrogen and oxygen atoms in total. The van der Waals surface area contributed by atoms with Crippen LogP contribution in [-0.2, 0) is 0 Å². The minimum Gasteiger partial charge on any atom is -0.497 e. The number of hydrogen-bond acceptors (Lipinski definition) is 3. The van der Waals surface area contributed by atoms with Crippen LogP contribution < -0.4 is 15.4 Å². The largest absolute Gasteiger partial charge is 0.497 e.